The normalized spacial score (nSPS) is 17.5. The molecule has 2 aliphatic rings. The summed E-state index contributed by atoms with van der Waals surface area (Å²) >= 11 is 0. The molecule has 2 aromatic heterocycles. The van der Waals surface area contributed by atoms with E-state index in [0.717, 1.165) is 35.8 Å². The van der Waals surface area contributed by atoms with E-state index >= 15 is 0 Å². The molecule has 1 aliphatic carbocycles. The molecule has 2 aromatic rings. The summed E-state index contributed by atoms with van der Waals surface area (Å²) in [5, 5.41) is 0.881. The number of amides is 2. The third-order valence-electron chi connectivity index (χ3n) is 5.09. The number of nitrogens with zero attached hydrogens (tertiary/aromatic N) is 3. The van der Waals surface area contributed by atoms with Crippen molar-refractivity contribution in [3.05, 3.63) is 30.0 Å². The summed E-state index contributed by atoms with van der Waals surface area (Å²) in [4.78, 5) is 33.7. The van der Waals surface area contributed by atoms with Crippen LogP contribution >= 0.6 is 0 Å². The van der Waals surface area contributed by atoms with Crippen molar-refractivity contribution in [2.24, 2.45) is 0 Å². The second kappa shape index (κ2) is 6.96. The van der Waals surface area contributed by atoms with Crippen molar-refractivity contribution in [1.29, 1.82) is 0 Å². The molecule has 0 saturated heterocycles. The van der Waals surface area contributed by atoms with Gasteiger partial charge in [-0.1, -0.05) is 6.08 Å². The minimum atomic E-state index is -4.50. The minimum absolute atomic E-state index is 0.133. The Balaban J connectivity index is 1.61. The lowest BCUT2D eigenvalue weighted by Gasteiger charge is -2.27. The highest BCUT2D eigenvalue weighted by atomic mass is 19.4. The van der Waals surface area contributed by atoms with Gasteiger partial charge in [-0.3, -0.25) is 14.5 Å². The molecule has 148 valence electrons. The van der Waals surface area contributed by atoms with Crippen LogP contribution < -0.4 is 4.90 Å². The molecule has 1 N–H and O–H groups in total. The van der Waals surface area contributed by atoms with Crippen LogP contribution in [0, 0.1) is 0 Å². The number of halogens is 3. The lowest BCUT2D eigenvalue weighted by molar-refractivity contribution is -0.161. The van der Waals surface area contributed by atoms with E-state index in [-0.39, 0.29) is 19.1 Å². The summed E-state index contributed by atoms with van der Waals surface area (Å²) in [5.74, 6) is -0.357. The van der Waals surface area contributed by atoms with Crippen LogP contribution in [0.2, 0.25) is 0 Å². The minimum Gasteiger partial charge on any atom is -0.346 e. The first-order valence-electron chi connectivity index (χ1n) is 9.11. The van der Waals surface area contributed by atoms with Crippen LogP contribution in [0.25, 0.3) is 16.6 Å². The van der Waals surface area contributed by atoms with Crippen LogP contribution in [0.3, 0.4) is 0 Å². The fraction of sp³-hybridized carbons (Fsp3) is 0.421. The highest BCUT2D eigenvalue weighted by molar-refractivity contribution is 5.93. The van der Waals surface area contributed by atoms with Crippen LogP contribution in [0.1, 0.15) is 31.2 Å². The Hall–Kier alpha value is -2.84. The first kappa shape index (κ1) is 18.5. The monoisotopic (exact) mass is 392 g/mol. The molecule has 0 spiro atoms. The Morgan fingerprint density at radius 2 is 2.18 bits per heavy atom. The first-order chi connectivity index (χ1) is 13.4. The number of fused-ring (bicyclic) bond motifs is 1. The van der Waals surface area contributed by atoms with Gasteiger partial charge in [-0.25, -0.2) is 4.98 Å². The third kappa shape index (κ3) is 3.74. The maximum absolute atomic E-state index is 12.5. The molecule has 9 heteroatoms. The zero-order valence-corrected chi connectivity index (χ0v) is 15.0. The number of carbonyl (C=O) groups excluding carboxylic acids is 2. The van der Waals surface area contributed by atoms with Gasteiger partial charge in [0.1, 0.15) is 17.9 Å². The average Bonchev–Trinajstić information content (AvgIpc) is 3.36. The Kier molecular flexibility index (Phi) is 4.60. The number of H-pyrrole nitrogens is 1. The van der Waals surface area contributed by atoms with Gasteiger partial charge in [-0.15, -0.1) is 0 Å². The van der Waals surface area contributed by atoms with Crippen LogP contribution in [0.4, 0.5) is 19.0 Å². The maximum Gasteiger partial charge on any atom is 0.397 e. The molecule has 0 bridgehead atoms. The lowest BCUT2D eigenvalue weighted by Crippen LogP contribution is -2.37. The van der Waals surface area contributed by atoms with E-state index < -0.39 is 18.5 Å². The molecule has 1 saturated carbocycles. The smallest absolute Gasteiger partial charge is 0.346 e. The molecule has 4 rings (SSSR count). The van der Waals surface area contributed by atoms with Crippen molar-refractivity contribution in [3.8, 4) is 0 Å². The number of alkyl halides is 3. The summed E-state index contributed by atoms with van der Waals surface area (Å²) in [5.41, 5.74) is 2.47. The number of aromatic nitrogens is 2. The van der Waals surface area contributed by atoms with E-state index in [1.165, 1.54) is 4.90 Å². The van der Waals surface area contributed by atoms with Gasteiger partial charge >= 0.3 is 6.18 Å². The van der Waals surface area contributed by atoms with Gasteiger partial charge < -0.3 is 9.88 Å². The fourth-order valence-electron chi connectivity index (χ4n) is 3.53. The molecule has 1 aliphatic heterocycles. The van der Waals surface area contributed by atoms with Gasteiger partial charge in [-0.05, 0) is 42.5 Å². The van der Waals surface area contributed by atoms with Crippen LogP contribution in [-0.4, -0.2) is 52.5 Å². The van der Waals surface area contributed by atoms with Gasteiger partial charge in [0, 0.05) is 30.7 Å². The zero-order valence-electron chi connectivity index (χ0n) is 15.0. The molecule has 28 heavy (non-hydrogen) atoms. The average molecular weight is 392 g/mol. The van der Waals surface area contributed by atoms with E-state index in [1.54, 1.807) is 17.2 Å². The summed E-state index contributed by atoms with van der Waals surface area (Å²) in [6, 6.07) is 3.90. The molecular formula is C19H19F3N4O2. The van der Waals surface area contributed by atoms with E-state index in [4.69, 9.17) is 0 Å². The van der Waals surface area contributed by atoms with E-state index in [2.05, 4.69) is 9.97 Å². The molecule has 6 nitrogen and oxygen atoms in total. The van der Waals surface area contributed by atoms with E-state index in [0.29, 0.717) is 17.9 Å². The highest BCUT2D eigenvalue weighted by Crippen LogP contribution is 2.35. The second-order valence-corrected chi connectivity index (χ2v) is 7.12. The number of carbonyl (C=O) groups is 2. The first-order valence-corrected chi connectivity index (χ1v) is 9.11. The van der Waals surface area contributed by atoms with Gasteiger partial charge in [0.25, 0.3) is 0 Å². The Bertz CT molecular complexity index is 946. The summed E-state index contributed by atoms with van der Waals surface area (Å²) in [7, 11) is 0. The summed E-state index contributed by atoms with van der Waals surface area (Å²) in [6.07, 6.45) is 0.715. The number of hydrogen-bond acceptors (Lipinski definition) is 3. The van der Waals surface area contributed by atoms with Crippen molar-refractivity contribution >= 4 is 34.7 Å². The van der Waals surface area contributed by atoms with Crippen molar-refractivity contribution in [1.82, 2.24) is 14.9 Å². The van der Waals surface area contributed by atoms with Crippen LogP contribution in [-0.2, 0) is 9.59 Å². The number of anilines is 1. The number of nitrogens with one attached hydrogen (secondary N) is 1. The van der Waals surface area contributed by atoms with E-state index in [1.807, 2.05) is 12.1 Å². The SMILES string of the molecule is O=CN(c1cc(C2=CCN(C(=O)CC(F)(F)F)CC2)c2cc[nH]c2n1)C1CC1. The Morgan fingerprint density at radius 3 is 2.79 bits per heavy atom. The number of aromatic amines is 1. The predicted molar refractivity (Wildman–Crippen MR) is 97.5 cm³/mol. The third-order valence-corrected chi connectivity index (χ3v) is 5.09. The van der Waals surface area contributed by atoms with Gasteiger partial charge in [0.05, 0.1) is 0 Å². The van der Waals surface area contributed by atoms with Gasteiger partial charge in [-0.2, -0.15) is 13.2 Å². The zero-order chi connectivity index (χ0) is 19.9. The summed E-state index contributed by atoms with van der Waals surface area (Å²) in [6.45, 7) is 0.359. The quantitative estimate of drug-likeness (QED) is 0.795. The fourth-order valence-corrected chi connectivity index (χ4v) is 3.53. The lowest BCUT2D eigenvalue weighted by atomic mass is 9.97. The van der Waals surface area contributed by atoms with Crippen LogP contribution in [0.15, 0.2) is 24.4 Å². The van der Waals surface area contributed by atoms with Crippen molar-refractivity contribution in [3.63, 3.8) is 0 Å². The molecule has 3 heterocycles. The van der Waals surface area contributed by atoms with E-state index in [9.17, 15) is 22.8 Å². The number of rotatable bonds is 5. The Morgan fingerprint density at radius 1 is 1.39 bits per heavy atom. The number of hydrogen-bond donors (Lipinski definition) is 1. The predicted octanol–water partition coefficient (Wildman–Crippen LogP) is 3.26. The molecular weight excluding hydrogens is 373 g/mol. The topological polar surface area (TPSA) is 69.3 Å². The van der Waals surface area contributed by atoms with Crippen molar-refractivity contribution in [2.45, 2.75) is 37.9 Å². The number of pyridine rings is 1. The standard InChI is InChI=1S/C19H19F3N4O2/c20-19(21,22)10-17(28)25-7-4-12(5-8-25)15-9-16(26(11-27)13-1-2-13)24-18-14(15)3-6-23-18/h3-4,6,9,11,13H,1-2,5,7-8,10H2,(H,23,24). The molecule has 0 unspecified atom stereocenters. The molecule has 1 fully saturated rings. The van der Waals surface area contributed by atoms with Crippen LogP contribution in [0.5, 0.6) is 0 Å². The Labute approximate surface area is 159 Å². The molecule has 0 aromatic carbocycles. The van der Waals surface area contributed by atoms with Crippen molar-refractivity contribution in [2.75, 3.05) is 18.0 Å². The second-order valence-electron chi connectivity index (χ2n) is 7.12. The molecule has 0 radical (unpaired) electrons. The largest absolute Gasteiger partial charge is 0.397 e. The maximum atomic E-state index is 12.5. The van der Waals surface area contributed by atoms with Crippen molar-refractivity contribution < 1.29 is 22.8 Å². The molecule has 0 atom stereocenters. The summed E-state index contributed by atoms with van der Waals surface area (Å²) < 4.78 is 37.4. The highest BCUT2D eigenvalue weighted by Gasteiger charge is 2.34. The van der Waals surface area contributed by atoms with Gasteiger partial charge in [0.15, 0.2) is 0 Å². The molecule has 2 amide bonds. The van der Waals surface area contributed by atoms with Gasteiger partial charge in [0.2, 0.25) is 12.3 Å².